The second-order valence-corrected chi connectivity index (χ2v) is 11.0. The van der Waals surface area contributed by atoms with Crippen molar-refractivity contribution < 1.29 is 14.4 Å². The van der Waals surface area contributed by atoms with E-state index in [1.807, 2.05) is 44.5 Å². The number of carbonyl (C=O) groups excluding carboxylic acids is 3. The number of nitrogens with one attached hydrogen (secondary N) is 1. The van der Waals surface area contributed by atoms with E-state index in [0.717, 1.165) is 10.6 Å². The maximum atomic E-state index is 12.4. The van der Waals surface area contributed by atoms with E-state index in [1.165, 1.54) is 11.3 Å². The zero-order valence-electron chi connectivity index (χ0n) is 19.1. The fourth-order valence-corrected chi connectivity index (χ4v) is 3.73. The number of amides is 1. The summed E-state index contributed by atoms with van der Waals surface area (Å²) in [4.78, 5) is 38.5. The van der Waals surface area contributed by atoms with E-state index in [9.17, 15) is 14.4 Å². The van der Waals surface area contributed by atoms with Crippen LogP contribution in [-0.2, 0) is 20.5 Å². The normalized spacial score (nSPS) is 12.1. The van der Waals surface area contributed by atoms with Gasteiger partial charge in [-0.3, -0.25) is 14.4 Å². The zero-order valence-corrected chi connectivity index (χ0v) is 19.9. The molecule has 0 unspecified atom stereocenters. The molecule has 0 aromatic carbocycles. The van der Waals surface area contributed by atoms with Crippen molar-refractivity contribution >= 4 is 34.6 Å². The van der Waals surface area contributed by atoms with Gasteiger partial charge < -0.3 is 5.32 Å². The molecule has 0 radical (unpaired) electrons. The Kier molecular flexibility index (Phi) is 7.40. The summed E-state index contributed by atoms with van der Waals surface area (Å²) in [6.07, 6.45) is 0.562. The van der Waals surface area contributed by atoms with Gasteiger partial charge in [0.25, 0.3) is 0 Å². The summed E-state index contributed by atoms with van der Waals surface area (Å²) in [6.45, 7) is 14.2. The second-order valence-electron chi connectivity index (χ2n) is 9.67. The van der Waals surface area contributed by atoms with Crippen LogP contribution >= 0.6 is 11.3 Å². The first-order valence-electron chi connectivity index (χ1n) is 10.3. The SMILES string of the molecule is Cc1ccc(C(=O)CCC(=O)CCC(=O)Nc2cc(C(C)(C)C)nn2C(C)(C)C)s1. The third kappa shape index (κ3) is 6.62. The molecule has 2 aromatic heterocycles. The highest BCUT2D eigenvalue weighted by Crippen LogP contribution is 2.28. The maximum Gasteiger partial charge on any atom is 0.225 e. The number of Topliss-reactive ketones (excluding diaryl/α,β-unsaturated/α-hetero) is 2. The number of hydrogen-bond acceptors (Lipinski definition) is 5. The molecule has 0 aliphatic heterocycles. The number of nitrogens with zero attached hydrogens (tertiary/aromatic N) is 2. The molecule has 0 aliphatic rings. The van der Waals surface area contributed by atoms with E-state index < -0.39 is 0 Å². The Hall–Kier alpha value is -2.28. The highest BCUT2D eigenvalue weighted by Gasteiger charge is 2.25. The van der Waals surface area contributed by atoms with E-state index in [2.05, 4.69) is 31.2 Å². The Morgan fingerprint density at radius 1 is 1.00 bits per heavy atom. The second kappa shape index (κ2) is 9.25. The fraction of sp³-hybridized carbons (Fsp3) is 0.565. The Balaban J connectivity index is 1.90. The molecule has 30 heavy (non-hydrogen) atoms. The van der Waals surface area contributed by atoms with E-state index in [-0.39, 0.29) is 54.1 Å². The number of ketones is 2. The summed E-state index contributed by atoms with van der Waals surface area (Å²) in [6, 6.07) is 5.59. The first kappa shape index (κ1) is 24.0. The lowest BCUT2D eigenvalue weighted by atomic mass is 9.92. The minimum Gasteiger partial charge on any atom is -0.311 e. The van der Waals surface area contributed by atoms with E-state index in [0.29, 0.717) is 10.7 Å². The van der Waals surface area contributed by atoms with Gasteiger partial charge in [0, 0.05) is 42.0 Å². The Bertz CT molecular complexity index is 926. The molecule has 2 heterocycles. The molecule has 2 rings (SSSR count). The fourth-order valence-electron chi connectivity index (χ4n) is 2.89. The van der Waals surface area contributed by atoms with Crippen molar-refractivity contribution in [1.29, 1.82) is 0 Å². The number of aryl methyl sites for hydroxylation is 1. The van der Waals surface area contributed by atoms with E-state index >= 15 is 0 Å². The highest BCUT2D eigenvalue weighted by atomic mass is 32.1. The average Bonchev–Trinajstić information content (AvgIpc) is 3.23. The Morgan fingerprint density at radius 2 is 1.63 bits per heavy atom. The van der Waals surface area contributed by atoms with Crippen LogP contribution in [0.4, 0.5) is 5.82 Å². The summed E-state index contributed by atoms with van der Waals surface area (Å²) in [5, 5.41) is 7.58. The first-order chi connectivity index (χ1) is 13.8. The van der Waals surface area contributed by atoms with Crippen LogP contribution in [0.1, 0.15) is 87.5 Å². The van der Waals surface area contributed by atoms with Crippen molar-refractivity contribution in [1.82, 2.24) is 9.78 Å². The molecule has 7 heteroatoms. The number of carbonyl (C=O) groups is 3. The highest BCUT2D eigenvalue weighted by molar-refractivity contribution is 7.14. The van der Waals surface area contributed by atoms with Crippen molar-refractivity contribution in [3.63, 3.8) is 0 Å². The van der Waals surface area contributed by atoms with Crippen LogP contribution < -0.4 is 5.32 Å². The van der Waals surface area contributed by atoms with Crippen LogP contribution in [0.15, 0.2) is 18.2 Å². The summed E-state index contributed by atoms with van der Waals surface area (Å²) < 4.78 is 1.81. The molecule has 1 N–H and O–H groups in total. The molecule has 0 aliphatic carbocycles. The molecule has 0 atom stereocenters. The van der Waals surface area contributed by atoms with Crippen LogP contribution in [-0.4, -0.2) is 27.3 Å². The Labute approximate surface area is 183 Å². The van der Waals surface area contributed by atoms with Crippen LogP contribution in [0.5, 0.6) is 0 Å². The maximum absolute atomic E-state index is 12.4. The van der Waals surface area contributed by atoms with Crippen LogP contribution in [0, 0.1) is 6.92 Å². The predicted molar refractivity (Wildman–Crippen MR) is 121 cm³/mol. The average molecular weight is 432 g/mol. The molecule has 0 fully saturated rings. The van der Waals surface area contributed by atoms with Gasteiger partial charge in [0.05, 0.1) is 16.1 Å². The summed E-state index contributed by atoms with van der Waals surface area (Å²) in [5.41, 5.74) is 0.466. The van der Waals surface area contributed by atoms with Crippen molar-refractivity contribution in [2.75, 3.05) is 5.32 Å². The number of rotatable bonds is 8. The number of aromatic nitrogens is 2. The summed E-state index contributed by atoms with van der Waals surface area (Å²) in [7, 11) is 0. The molecule has 0 spiro atoms. The molecule has 1 amide bonds. The van der Waals surface area contributed by atoms with Crippen LogP contribution in [0.2, 0.25) is 0 Å². The quantitative estimate of drug-likeness (QED) is 0.578. The van der Waals surface area contributed by atoms with Gasteiger partial charge in [0.2, 0.25) is 5.91 Å². The lowest BCUT2D eigenvalue weighted by Crippen LogP contribution is -2.27. The monoisotopic (exact) mass is 431 g/mol. The third-order valence-electron chi connectivity index (χ3n) is 4.66. The molecule has 0 saturated carbocycles. The van der Waals surface area contributed by atoms with Gasteiger partial charge in [0.15, 0.2) is 5.78 Å². The number of anilines is 1. The molecular formula is C23H33N3O3S. The van der Waals surface area contributed by atoms with Crippen LogP contribution in [0.25, 0.3) is 0 Å². The van der Waals surface area contributed by atoms with Gasteiger partial charge in [-0.05, 0) is 39.8 Å². The number of thiophene rings is 1. The van der Waals surface area contributed by atoms with Gasteiger partial charge >= 0.3 is 0 Å². The van der Waals surface area contributed by atoms with Crippen LogP contribution in [0.3, 0.4) is 0 Å². The van der Waals surface area contributed by atoms with Gasteiger partial charge in [-0.15, -0.1) is 11.3 Å². The molecule has 2 aromatic rings. The lowest BCUT2D eigenvalue weighted by molar-refractivity contribution is -0.122. The van der Waals surface area contributed by atoms with E-state index in [1.54, 1.807) is 6.07 Å². The minimum absolute atomic E-state index is 0.0188. The van der Waals surface area contributed by atoms with E-state index in [4.69, 9.17) is 0 Å². The molecule has 0 saturated heterocycles. The molecule has 6 nitrogen and oxygen atoms in total. The van der Waals surface area contributed by atoms with Crippen molar-refractivity contribution in [2.24, 2.45) is 0 Å². The predicted octanol–water partition coefficient (Wildman–Crippen LogP) is 5.26. The lowest BCUT2D eigenvalue weighted by Gasteiger charge is -2.23. The van der Waals surface area contributed by atoms with Crippen molar-refractivity contribution in [2.45, 2.75) is 85.1 Å². The Morgan fingerprint density at radius 3 is 2.17 bits per heavy atom. The first-order valence-corrected chi connectivity index (χ1v) is 11.1. The standard InChI is InChI=1S/C23H33N3O3S/c1-15-8-12-18(30-15)17(28)11-9-16(27)10-13-21(29)24-20-14-19(22(2,3)4)25-26(20)23(5,6)7/h8,12,14H,9-11,13H2,1-7H3,(H,24,29). The molecule has 164 valence electrons. The van der Waals surface area contributed by atoms with Gasteiger partial charge in [-0.25, -0.2) is 4.68 Å². The molecule has 0 bridgehead atoms. The van der Waals surface area contributed by atoms with Gasteiger partial charge in [-0.2, -0.15) is 5.10 Å². The van der Waals surface area contributed by atoms with Gasteiger partial charge in [-0.1, -0.05) is 20.8 Å². The van der Waals surface area contributed by atoms with Crippen molar-refractivity contribution in [3.8, 4) is 0 Å². The van der Waals surface area contributed by atoms with Gasteiger partial charge in [0.1, 0.15) is 11.6 Å². The molecular weight excluding hydrogens is 398 g/mol. The largest absolute Gasteiger partial charge is 0.311 e. The van der Waals surface area contributed by atoms with Crippen molar-refractivity contribution in [3.05, 3.63) is 33.6 Å². The number of hydrogen-bond donors (Lipinski definition) is 1. The minimum atomic E-state index is -0.289. The smallest absolute Gasteiger partial charge is 0.225 e. The summed E-state index contributed by atoms with van der Waals surface area (Å²) >= 11 is 1.44. The third-order valence-corrected chi connectivity index (χ3v) is 5.70. The zero-order chi connectivity index (χ0) is 22.7. The summed E-state index contributed by atoms with van der Waals surface area (Å²) in [5.74, 6) is 0.309. The topological polar surface area (TPSA) is 81.1 Å².